The molecule has 0 aliphatic heterocycles. The lowest BCUT2D eigenvalue weighted by atomic mass is 10.4. The van der Waals surface area contributed by atoms with E-state index in [0.717, 1.165) is 0 Å². The highest BCUT2D eigenvalue weighted by molar-refractivity contribution is 6.32. The number of pyridine rings is 1. The molecule has 0 aliphatic carbocycles. The van der Waals surface area contributed by atoms with Crippen molar-refractivity contribution in [3.8, 4) is 0 Å². The summed E-state index contributed by atoms with van der Waals surface area (Å²) in [5, 5.41) is 3.52. The Kier molecular flexibility index (Phi) is 3.84. The monoisotopic (exact) mass is 185 g/mol. The largest absolute Gasteiger partial charge is 0.383 e. The van der Waals surface area contributed by atoms with E-state index in [1.165, 1.54) is 0 Å². The third-order valence-electron chi connectivity index (χ3n) is 1.29. The van der Waals surface area contributed by atoms with Crippen LogP contribution in [0.5, 0.6) is 0 Å². The number of methoxy groups -OCH3 is 1. The number of nitrogens with one attached hydrogen (secondary N) is 1. The third kappa shape index (κ3) is 2.68. The average molecular weight is 186 g/mol. The molecule has 1 radical (unpaired) electrons. The number of hydrogen-bond donors (Lipinski definition) is 1. The Hall–Kier alpha value is -0.800. The van der Waals surface area contributed by atoms with Crippen LogP contribution in [0.2, 0.25) is 5.02 Å². The van der Waals surface area contributed by atoms with Crippen molar-refractivity contribution in [1.82, 2.24) is 4.98 Å². The Morgan fingerprint density at radius 1 is 1.75 bits per heavy atom. The summed E-state index contributed by atoms with van der Waals surface area (Å²) in [6.07, 6.45) is 1.64. The van der Waals surface area contributed by atoms with Crippen molar-refractivity contribution in [3.63, 3.8) is 0 Å². The molecule has 12 heavy (non-hydrogen) atoms. The van der Waals surface area contributed by atoms with Crippen LogP contribution in [-0.2, 0) is 4.74 Å². The Labute approximate surface area is 76.7 Å². The van der Waals surface area contributed by atoms with Crippen LogP contribution >= 0.6 is 11.6 Å². The number of anilines is 1. The van der Waals surface area contributed by atoms with Gasteiger partial charge in [0.15, 0.2) is 0 Å². The Bertz CT molecular complexity index is 242. The lowest BCUT2D eigenvalue weighted by Gasteiger charge is -2.04. The smallest absolute Gasteiger partial charge is 0.145 e. The van der Waals surface area contributed by atoms with Gasteiger partial charge < -0.3 is 10.1 Å². The minimum atomic E-state index is 0.508. The van der Waals surface area contributed by atoms with Crippen LogP contribution in [0.25, 0.3) is 0 Å². The fourth-order valence-electron chi connectivity index (χ4n) is 0.742. The first-order valence-electron chi connectivity index (χ1n) is 3.59. The molecule has 0 aromatic carbocycles. The van der Waals surface area contributed by atoms with Gasteiger partial charge in [-0.3, -0.25) is 0 Å². The summed E-state index contributed by atoms with van der Waals surface area (Å²) in [6.45, 7) is 1.33. The Morgan fingerprint density at radius 3 is 3.25 bits per heavy atom. The van der Waals surface area contributed by atoms with Crippen LogP contribution in [0.1, 0.15) is 0 Å². The molecule has 0 spiro atoms. The molecule has 1 heterocycles. The zero-order chi connectivity index (χ0) is 8.81. The maximum absolute atomic E-state index is 5.78. The van der Waals surface area contributed by atoms with Crippen molar-refractivity contribution in [2.45, 2.75) is 0 Å². The molecule has 1 N–H and O–H groups in total. The van der Waals surface area contributed by atoms with Gasteiger partial charge in [0.2, 0.25) is 0 Å². The van der Waals surface area contributed by atoms with Crippen LogP contribution < -0.4 is 5.32 Å². The van der Waals surface area contributed by atoms with E-state index in [9.17, 15) is 0 Å². The SMILES string of the molecule is COCCNc1ncc[c]c1Cl. The number of halogens is 1. The Morgan fingerprint density at radius 2 is 2.58 bits per heavy atom. The number of nitrogens with zero attached hydrogens (tertiary/aromatic N) is 1. The standard InChI is InChI=1S/C8H10ClN2O/c1-12-6-5-11-8-7(9)3-2-4-10-8/h2,4H,5-6H2,1H3,(H,10,11). The topological polar surface area (TPSA) is 34.1 Å². The molecule has 1 aromatic heterocycles. The highest BCUT2D eigenvalue weighted by Gasteiger charge is 1.97. The molecule has 1 aromatic rings. The van der Waals surface area contributed by atoms with Gasteiger partial charge in [0.1, 0.15) is 5.82 Å². The summed E-state index contributed by atoms with van der Waals surface area (Å²) >= 11 is 5.78. The van der Waals surface area contributed by atoms with E-state index in [4.69, 9.17) is 16.3 Å². The number of hydrogen-bond acceptors (Lipinski definition) is 3. The summed E-state index contributed by atoms with van der Waals surface area (Å²) in [7, 11) is 1.65. The predicted octanol–water partition coefficient (Wildman–Crippen LogP) is 1.59. The van der Waals surface area contributed by atoms with E-state index in [1.54, 1.807) is 19.4 Å². The van der Waals surface area contributed by atoms with Gasteiger partial charge in [0.05, 0.1) is 11.6 Å². The summed E-state index contributed by atoms with van der Waals surface area (Å²) in [4.78, 5) is 4.02. The quantitative estimate of drug-likeness (QED) is 0.724. The molecule has 65 valence electrons. The van der Waals surface area contributed by atoms with Gasteiger partial charge in [0, 0.05) is 25.9 Å². The highest BCUT2D eigenvalue weighted by atomic mass is 35.5. The lowest BCUT2D eigenvalue weighted by Crippen LogP contribution is -2.08. The first kappa shape index (κ1) is 9.29. The van der Waals surface area contributed by atoms with E-state index < -0.39 is 0 Å². The molecule has 0 atom stereocenters. The molecule has 0 unspecified atom stereocenters. The van der Waals surface area contributed by atoms with Crippen molar-refractivity contribution < 1.29 is 4.74 Å². The van der Waals surface area contributed by atoms with Gasteiger partial charge in [-0.25, -0.2) is 4.98 Å². The zero-order valence-electron chi connectivity index (χ0n) is 6.80. The third-order valence-corrected chi connectivity index (χ3v) is 1.58. The maximum atomic E-state index is 5.78. The maximum Gasteiger partial charge on any atom is 0.145 e. The minimum Gasteiger partial charge on any atom is -0.383 e. The van der Waals surface area contributed by atoms with Gasteiger partial charge in [-0.15, -0.1) is 0 Å². The van der Waals surface area contributed by atoms with Crippen LogP contribution in [0.3, 0.4) is 0 Å². The molecule has 0 saturated heterocycles. The normalized spacial score (nSPS) is 9.83. The minimum absolute atomic E-state index is 0.508. The average Bonchev–Trinajstić information content (AvgIpc) is 2.09. The molecule has 0 bridgehead atoms. The molecule has 3 nitrogen and oxygen atoms in total. The summed E-state index contributed by atoms with van der Waals surface area (Å²) < 4.78 is 4.86. The van der Waals surface area contributed by atoms with E-state index >= 15 is 0 Å². The van der Waals surface area contributed by atoms with E-state index in [0.29, 0.717) is 24.0 Å². The van der Waals surface area contributed by atoms with Crippen LogP contribution in [0, 0.1) is 6.07 Å². The molecule has 1 rings (SSSR count). The van der Waals surface area contributed by atoms with Crippen molar-refractivity contribution in [3.05, 3.63) is 23.4 Å². The molecule has 0 fully saturated rings. The van der Waals surface area contributed by atoms with Crippen molar-refractivity contribution in [2.75, 3.05) is 25.6 Å². The summed E-state index contributed by atoms with van der Waals surface area (Å²) in [6, 6.07) is 4.50. The van der Waals surface area contributed by atoms with E-state index in [2.05, 4.69) is 16.4 Å². The fourth-order valence-corrected chi connectivity index (χ4v) is 0.921. The zero-order valence-corrected chi connectivity index (χ0v) is 7.56. The second kappa shape index (κ2) is 4.95. The lowest BCUT2D eigenvalue weighted by molar-refractivity contribution is 0.210. The van der Waals surface area contributed by atoms with Crippen molar-refractivity contribution in [1.29, 1.82) is 0 Å². The highest BCUT2D eigenvalue weighted by Crippen LogP contribution is 2.15. The van der Waals surface area contributed by atoms with Crippen molar-refractivity contribution >= 4 is 17.4 Å². The van der Waals surface area contributed by atoms with Gasteiger partial charge in [-0.1, -0.05) is 11.6 Å². The van der Waals surface area contributed by atoms with Gasteiger partial charge in [-0.2, -0.15) is 0 Å². The molecule has 0 aliphatic rings. The molecule has 0 saturated carbocycles. The summed E-state index contributed by atoms with van der Waals surface area (Å²) in [5.41, 5.74) is 0. The van der Waals surface area contributed by atoms with Crippen LogP contribution in [0.4, 0.5) is 5.82 Å². The Balaban J connectivity index is 2.46. The molecular weight excluding hydrogens is 176 g/mol. The second-order valence-electron chi connectivity index (χ2n) is 2.17. The van der Waals surface area contributed by atoms with Gasteiger partial charge in [-0.05, 0) is 6.07 Å². The predicted molar refractivity (Wildman–Crippen MR) is 48.4 cm³/mol. The summed E-state index contributed by atoms with van der Waals surface area (Å²) in [5.74, 6) is 0.649. The number of ether oxygens (including phenoxy) is 1. The first-order chi connectivity index (χ1) is 5.84. The fraction of sp³-hybridized carbons (Fsp3) is 0.375. The number of aromatic nitrogens is 1. The first-order valence-corrected chi connectivity index (χ1v) is 3.97. The molecule has 4 heteroatoms. The van der Waals surface area contributed by atoms with Crippen LogP contribution in [0.15, 0.2) is 12.3 Å². The van der Waals surface area contributed by atoms with E-state index in [-0.39, 0.29) is 0 Å². The van der Waals surface area contributed by atoms with Gasteiger partial charge in [0.25, 0.3) is 0 Å². The molecular formula is C8H10ClN2O. The van der Waals surface area contributed by atoms with Gasteiger partial charge >= 0.3 is 0 Å². The second-order valence-corrected chi connectivity index (χ2v) is 2.55. The molecule has 0 amide bonds. The van der Waals surface area contributed by atoms with Crippen LogP contribution in [-0.4, -0.2) is 25.2 Å². The van der Waals surface area contributed by atoms with E-state index in [1.807, 2.05) is 0 Å². The van der Waals surface area contributed by atoms with Crippen molar-refractivity contribution in [2.24, 2.45) is 0 Å². The number of rotatable bonds is 4.